The van der Waals surface area contributed by atoms with Crippen molar-refractivity contribution in [3.05, 3.63) is 23.8 Å². The van der Waals surface area contributed by atoms with Gasteiger partial charge in [-0.05, 0) is 44.1 Å². The highest BCUT2D eigenvalue weighted by Crippen LogP contribution is 2.18. The van der Waals surface area contributed by atoms with E-state index in [1.165, 1.54) is 0 Å². The summed E-state index contributed by atoms with van der Waals surface area (Å²) in [5.74, 6) is -2.08. The largest absolute Gasteiger partial charge is 0.460 e. The first-order valence-electron chi connectivity index (χ1n) is 12.2. The molecule has 1 aliphatic carbocycles. The predicted octanol–water partition coefficient (Wildman–Crippen LogP) is 1.92. The van der Waals surface area contributed by atoms with E-state index >= 15 is 0 Å². The molecule has 3 N–H and O–H groups in total. The maximum Gasteiger partial charge on any atom is 0.329 e. The van der Waals surface area contributed by atoms with E-state index < -0.39 is 42.0 Å². The normalized spacial score (nSPS) is 27.7. The highest BCUT2D eigenvalue weighted by atomic mass is 16.5. The summed E-state index contributed by atoms with van der Waals surface area (Å²) in [6.07, 6.45) is 9.05. The van der Waals surface area contributed by atoms with E-state index in [0.717, 1.165) is 18.4 Å². The van der Waals surface area contributed by atoms with E-state index in [1.54, 1.807) is 14.0 Å². The molecular weight excluding hydrogens is 438 g/mol. The Morgan fingerprint density at radius 3 is 2.53 bits per heavy atom. The van der Waals surface area contributed by atoms with E-state index in [4.69, 9.17) is 9.47 Å². The summed E-state index contributed by atoms with van der Waals surface area (Å²) in [4.78, 5) is 51.8. The smallest absolute Gasteiger partial charge is 0.329 e. The van der Waals surface area contributed by atoms with Crippen molar-refractivity contribution in [1.82, 2.24) is 16.0 Å². The molecule has 0 radical (unpaired) electrons. The number of methoxy groups -OCH3 is 1. The van der Waals surface area contributed by atoms with Crippen LogP contribution in [-0.2, 0) is 28.7 Å². The molecule has 5 atom stereocenters. The first-order valence-corrected chi connectivity index (χ1v) is 12.2. The van der Waals surface area contributed by atoms with Gasteiger partial charge in [0.15, 0.2) is 0 Å². The average molecular weight is 478 g/mol. The highest BCUT2D eigenvalue weighted by molar-refractivity contribution is 5.94. The van der Waals surface area contributed by atoms with E-state index in [-0.39, 0.29) is 18.2 Å². The molecule has 0 bridgehead atoms. The Kier molecular flexibility index (Phi) is 11.3. The number of rotatable bonds is 8. The fraction of sp³-hybridized carbons (Fsp3) is 0.680. The van der Waals surface area contributed by atoms with Gasteiger partial charge in [0.25, 0.3) is 0 Å². The Hall–Kier alpha value is -2.68. The number of esters is 1. The SMILES string of the molecule is CC[C@H](C)[C@H]1NC(=O)[C@@H](C)NC(=O)[C@@H](CC2=CCCC=C2)NC(=O)C[C@@H](CCCOC)OC1=O. The fourth-order valence-electron chi connectivity index (χ4n) is 3.95. The Bertz CT molecular complexity index is 794. The maximum absolute atomic E-state index is 13.0. The van der Waals surface area contributed by atoms with Crippen LogP contribution in [0.1, 0.15) is 65.7 Å². The van der Waals surface area contributed by atoms with Crippen molar-refractivity contribution in [2.45, 2.75) is 89.9 Å². The van der Waals surface area contributed by atoms with Gasteiger partial charge < -0.3 is 25.4 Å². The Balaban J connectivity index is 2.30. The molecule has 0 aromatic carbocycles. The second kappa shape index (κ2) is 13.9. The lowest BCUT2D eigenvalue weighted by Crippen LogP contribution is -2.55. The topological polar surface area (TPSA) is 123 Å². The van der Waals surface area contributed by atoms with Gasteiger partial charge in [-0.1, -0.05) is 38.5 Å². The van der Waals surface area contributed by atoms with Gasteiger partial charge in [-0.3, -0.25) is 14.4 Å². The van der Waals surface area contributed by atoms with Crippen LogP contribution in [0.3, 0.4) is 0 Å². The average Bonchev–Trinajstić information content (AvgIpc) is 2.81. The van der Waals surface area contributed by atoms with Crippen molar-refractivity contribution < 1.29 is 28.7 Å². The molecule has 0 aromatic heterocycles. The second-order valence-electron chi connectivity index (χ2n) is 9.08. The third-order valence-electron chi connectivity index (χ3n) is 6.25. The number of allylic oxidation sites excluding steroid dienone is 3. The van der Waals surface area contributed by atoms with Crippen LogP contribution in [0.2, 0.25) is 0 Å². The van der Waals surface area contributed by atoms with Gasteiger partial charge in [-0.25, -0.2) is 4.79 Å². The quantitative estimate of drug-likeness (QED) is 0.363. The summed E-state index contributed by atoms with van der Waals surface area (Å²) in [6, 6.07) is -2.61. The van der Waals surface area contributed by atoms with Crippen molar-refractivity contribution in [3.8, 4) is 0 Å². The molecule has 9 nitrogen and oxygen atoms in total. The van der Waals surface area contributed by atoms with Crippen molar-refractivity contribution in [2.24, 2.45) is 5.92 Å². The molecule has 2 rings (SSSR count). The second-order valence-corrected chi connectivity index (χ2v) is 9.08. The van der Waals surface area contributed by atoms with Gasteiger partial charge in [0, 0.05) is 20.1 Å². The van der Waals surface area contributed by atoms with Crippen molar-refractivity contribution >= 4 is 23.7 Å². The van der Waals surface area contributed by atoms with Crippen molar-refractivity contribution in [1.29, 1.82) is 0 Å². The number of hydrogen-bond donors (Lipinski definition) is 3. The van der Waals surface area contributed by atoms with Gasteiger partial charge in [-0.15, -0.1) is 0 Å². The minimum absolute atomic E-state index is 0.0785. The lowest BCUT2D eigenvalue weighted by atomic mass is 9.98. The molecule has 3 amide bonds. The number of carbonyl (C=O) groups excluding carboxylic acids is 4. The van der Waals surface area contributed by atoms with Gasteiger partial charge in [-0.2, -0.15) is 0 Å². The third-order valence-corrected chi connectivity index (χ3v) is 6.25. The number of cyclic esters (lactones) is 1. The molecule has 1 heterocycles. The molecule has 2 aliphatic rings. The summed E-state index contributed by atoms with van der Waals surface area (Å²) in [7, 11) is 1.58. The fourth-order valence-corrected chi connectivity index (χ4v) is 3.95. The van der Waals surface area contributed by atoms with Crippen LogP contribution in [0.5, 0.6) is 0 Å². The summed E-state index contributed by atoms with van der Waals surface area (Å²) >= 11 is 0. The number of hydrogen-bond acceptors (Lipinski definition) is 6. The summed E-state index contributed by atoms with van der Waals surface area (Å²) in [5.41, 5.74) is 0.952. The molecular formula is C25H39N3O6. The van der Waals surface area contributed by atoms with Crippen LogP contribution in [0.25, 0.3) is 0 Å². The third kappa shape index (κ3) is 8.59. The zero-order valence-electron chi connectivity index (χ0n) is 20.7. The van der Waals surface area contributed by atoms with Crippen molar-refractivity contribution in [2.75, 3.05) is 13.7 Å². The molecule has 0 spiro atoms. The minimum atomic E-state index is -0.889. The zero-order chi connectivity index (χ0) is 25.1. The Morgan fingerprint density at radius 1 is 1.12 bits per heavy atom. The molecule has 190 valence electrons. The van der Waals surface area contributed by atoms with E-state index in [0.29, 0.717) is 32.3 Å². The van der Waals surface area contributed by atoms with Gasteiger partial charge in [0.1, 0.15) is 24.2 Å². The number of amides is 3. The van der Waals surface area contributed by atoms with Gasteiger partial charge in [0.2, 0.25) is 17.7 Å². The molecule has 0 saturated carbocycles. The Morgan fingerprint density at radius 2 is 1.88 bits per heavy atom. The first kappa shape index (κ1) is 27.6. The van der Waals surface area contributed by atoms with Crippen molar-refractivity contribution in [3.63, 3.8) is 0 Å². The maximum atomic E-state index is 13.0. The predicted molar refractivity (Wildman–Crippen MR) is 128 cm³/mol. The summed E-state index contributed by atoms with van der Waals surface area (Å²) < 4.78 is 10.8. The van der Waals surface area contributed by atoms with E-state index in [1.807, 2.05) is 32.1 Å². The minimum Gasteiger partial charge on any atom is -0.460 e. The molecule has 9 heteroatoms. The molecule has 34 heavy (non-hydrogen) atoms. The molecule has 0 unspecified atom stereocenters. The number of nitrogens with one attached hydrogen (secondary N) is 3. The van der Waals surface area contributed by atoms with E-state index in [9.17, 15) is 19.2 Å². The van der Waals surface area contributed by atoms with E-state index in [2.05, 4.69) is 16.0 Å². The highest BCUT2D eigenvalue weighted by Gasteiger charge is 2.34. The van der Waals surface area contributed by atoms with Crippen LogP contribution in [0.4, 0.5) is 0 Å². The number of carbonyl (C=O) groups is 4. The molecule has 0 aromatic rings. The van der Waals surface area contributed by atoms with Crippen LogP contribution in [0, 0.1) is 5.92 Å². The van der Waals surface area contributed by atoms with Crippen LogP contribution in [-0.4, -0.2) is 61.6 Å². The molecule has 1 saturated heterocycles. The van der Waals surface area contributed by atoms with Crippen LogP contribution >= 0.6 is 0 Å². The summed E-state index contributed by atoms with van der Waals surface area (Å²) in [6.45, 7) is 5.78. The van der Waals surface area contributed by atoms with Gasteiger partial charge in [0.05, 0.1) is 6.42 Å². The molecule has 1 fully saturated rings. The Labute approximate surface area is 202 Å². The van der Waals surface area contributed by atoms with Crippen LogP contribution < -0.4 is 16.0 Å². The first-order chi connectivity index (χ1) is 16.2. The van der Waals surface area contributed by atoms with Crippen LogP contribution in [0.15, 0.2) is 23.8 Å². The lowest BCUT2D eigenvalue weighted by molar-refractivity contribution is -0.156. The molecule has 1 aliphatic heterocycles. The number of ether oxygens (including phenoxy) is 2. The monoisotopic (exact) mass is 477 g/mol. The van der Waals surface area contributed by atoms with Gasteiger partial charge >= 0.3 is 5.97 Å². The lowest BCUT2D eigenvalue weighted by Gasteiger charge is -2.26. The standard InChI is InChI=1S/C25H39N3O6/c1-5-16(2)22-25(32)34-19(12-9-13-33-4)15-21(29)27-20(14-18-10-7-6-8-11-18)24(31)26-17(3)23(30)28-22/h7,10-11,16-17,19-20,22H,5-6,8-9,12-15H2,1-4H3,(H,26,31)(H,27,29)(H,28,30)/t16-,17+,19+,20+,22+/m0/s1. The summed E-state index contributed by atoms with van der Waals surface area (Å²) in [5, 5.41) is 8.22. The zero-order valence-corrected chi connectivity index (χ0v) is 20.7.